The second-order valence-corrected chi connectivity index (χ2v) is 8.74. The van der Waals surface area contributed by atoms with Gasteiger partial charge in [-0.2, -0.15) is 0 Å². The normalized spacial score (nSPS) is 45.6. The van der Waals surface area contributed by atoms with Gasteiger partial charge < -0.3 is 9.84 Å². The van der Waals surface area contributed by atoms with Crippen LogP contribution >= 0.6 is 0 Å². The molecule has 0 aromatic carbocycles. The minimum absolute atomic E-state index is 0.0750. The molecule has 0 saturated heterocycles. The van der Waals surface area contributed by atoms with Crippen LogP contribution in [0.15, 0.2) is 11.6 Å². The summed E-state index contributed by atoms with van der Waals surface area (Å²) in [6.45, 7) is 9.09. The average molecular weight is 334 g/mol. The molecule has 0 spiro atoms. The van der Waals surface area contributed by atoms with Crippen LogP contribution in [0.1, 0.15) is 66.2 Å². The van der Waals surface area contributed by atoms with Crippen LogP contribution < -0.4 is 0 Å². The number of fused-ring (bicyclic) bond motifs is 1. The van der Waals surface area contributed by atoms with E-state index in [4.69, 9.17) is 4.74 Å². The van der Waals surface area contributed by atoms with Crippen LogP contribution in [0, 0.1) is 28.6 Å². The third kappa shape index (κ3) is 2.63. The molecule has 0 bridgehead atoms. The molecule has 0 radical (unpaired) electrons. The fourth-order valence-corrected chi connectivity index (χ4v) is 5.65. The zero-order valence-electron chi connectivity index (χ0n) is 15.3. The second kappa shape index (κ2) is 5.98. The van der Waals surface area contributed by atoms with Crippen LogP contribution in [0.25, 0.3) is 0 Å². The first-order chi connectivity index (χ1) is 11.2. The molecule has 2 aliphatic carbocycles. The predicted molar refractivity (Wildman–Crippen MR) is 90.9 cm³/mol. The number of ether oxygens (including phenoxy) is 1. The van der Waals surface area contributed by atoms with E-state index in [1.165, 1.54) is 6.08 Å². The van der Waals surface area contributed by atoms with Crippen molar-refractivity contribution in [2.24, 2.45) is 28.6 Å². The van der Waals surface area contributed by atoms with E-state index in [1.54, 1.807) is 0 Å². The van der Waals surface area contributed by atoms with Gasteiger partial charge in [0.15, 0.2) is 0 Å². The fraction of sp³-hybridized carbons (Fsp3) is 0.800. The topological polar surface area (TPSA) is 63.6 Å². The van der Waals surface area contributed by atoms with Crippen LogP contribution in [-0.4, -0.2) is 23.1 Å². The van der Waals surface area contributed by atoms with Crippen LogP contribution in [0.5, 0.6) is 0 Å². The Labute approximate surface area is 144 Å². The first-order valence-corrected chi connectivity index (χ1v) is 9.30. The number of hydrogen-bond donors (Lipinski definition) is 1. The molecule has 3 aliphatic rings. The Hall–Kier alpha value is -1.16. The van der Waals surface area contributed by atoms with E-state index in [0.717, 1.165) is 25.7 Å². The molecule has 0 amide bonds. The van der Waals surface area contributed by atoms with Gasteiger partial charge in [-0.25, -0.2) is 4.79 Å². The Morgan fingerprint density at radius 2 is 1.96 bits per heavy atom. The lowest BCUT2D eigenvalue weighted by molar-refractivity contribution is -0.151. The predicted octanol–water partition coefficient (Wildman–Crippen LogP) is 3.63. The number of aliphatic hydroxyl groups is 1. The molecule has 1 aliphatic heterocycles. The Morgan fingerprint density at radius 1 is 1.25 bits per heavy atom. The molecule has 4 heteroatoms. The molecular weight excluding hydrogens is 304 g/mol. The highest BCUT2D eigenvalue weighted by Gasteiger charge is 2.56. The number of hydrogen-bond acceptors (Lipinski definition) is 4. The van der Waals surface area contributed by atoms with Gasteiger partial charge in [0.1, 0.15) is 5.78 Å². The molecule has 3 rings (SSSR count). The van der Waals surface area contributed by atoms with Gasteiger partial charge in [0.2, 0.25) is 6.29 Å². The van der Waals surface area contributed by atoms with Crippen molar-refractivity contribution in [2.75, 3.05) is 0 Å². The van der Waals surface area contributed by atoms with Gasteiger partial charge in [-0.3, -0.25) is 4.79 Å². The van der Waals surface area contributed by atoms with E-state index >= 15 is 0 Å². The Kier molecular flexibility index (Phi) is 4.40. The third-order valence-corrected chi connectivity index (χ3v) is 7.79. The SMILES string of the molecule is C[C@@H]1CC[C@]2(C)[C@H](CCC(=O)[C@H]2C)[C@@]1(C)CCC1=CC(=O)O[C@H]1O. The Balaban J connectivity index is 1.82. The summed E-state index contributed by atoms with van der Waals surface area (Å²) in [6.07, 6.45) is 5.89. The van der Waals surface area contributed by atoms with Crippen molar-refractivity contribution in [3.05, 3.63) is 11.6 Å². The van der Waals surface area contributed by atoms with E-state index in [1.807, 2.05) is 0 Å². The van der Waals surface area contributed by atoms with E-state index in [2.05, 4.69) is 27.7 Å². The van der Waals surface area contributed by atoms with Gasteiger partial charge >= 0.3 is 5.97 Å². The van der Waals surface area contributed by atoms with E-state index in [0.29, 0.717) is 36.0 Å². The molecule has 4 nitrogen and oxygen atoms in total. The molecule has 1 heterocycles. The highest BCUT2D eigenvalue weighted by Crippen LogP contribution is 2.62. The fourth-order valence-electron chi connectivity index (χ4n) is 5.65. The number of carbonyl (C=O) groups is 2. The summed E-state index contributed by atoms with van der Waals surface area (Å²) in [6, 6.07) is 0. The third-order valence-electron chi connectivity index (χ3n) is 7.79. The first-order valence-electron chi connectivity index (χ1n) is 9.30. The molecule has 0 aromatic rings. The largest absolute Gasteiger partial charge is 0.429 e. The van der Waals surface area contributed by atoms with Gasteiger partial charge in [0.05, 0.1) is 0 Å². The Morgan fingerprint density at radius 3 is 2.58 bits per heavy atom. The highest BCUT2D eigenvalue weighted by molar-refractivity contribution is 5.85. The molecule has 2 fully saturated rings. The minimum atomic E-state index is -1.07. The zero-order chi connectivity index (χ0) is 17.7. The second-order valence-electron chi connectivity index (χ2n) is 8.74. The van der Waals surface area contributed by atoms with Crippen LogP contribution in [0.3, 0.4) is 0 Å². The summed E-state index contributed by atoms with van der Waals surface area (Å²) < 4.78 is 4.81. The minimum Gasteiger partial charge on any atom is -0.429 e. The zero-order valence-corrected chi connectivity index (χ0v) is 15.3. The summed E-state index contributed by atoms with van der Waals surface area (Å²) in [4.78, 5) is 23.6. The standard InChI is InChI=1S/C20H30O4/c1-12-7-9-20(4)13(2)15(21)5-6-16(20)19(12,3)10-8-14-11-17(22)24-18(14)23/h11-13,16,18,23H,5-10H2,1-4H3/t12-,13-,16-,18-,19+,20+/m1/s1. The maximum absolute atomic E-state index is 12.3. The molecular formula is C20H30O4. The maximum atomic E-state index is 12.3. The molecule has 0 aromatic heterocycles. The summed E-state index contributed by atoms with van der Waals surface area (Å²) >= 11 is 0. The highest BCUT2D eigenvalue weighted by atomic mass is 16.6. The summed E-state index contributed by atoms with van der Waals surface area (Å²) in [7, 11) is 0. The van der Waals surface area contributed by atoms with E-state index in [9.17, 15) is 14.7 Å². The van der Waals surface area contributed by atoms with E-state index in [-0.39, 0.29) is 16.7 Å². The lowest BCUT2D eigenvalue weighted by atomic mass is 9.44. The number of rotatable bonds is 3. The number of Topliss-reactive ketones (excluding diaryl/α,β-unsaturated/α-hetero) is 1. The molecule has 2 saturated carbocycles. The lowest BCUT2D eigenvalue weighted by Crippen LogP contribution is -2.54. The van der Waals surface area contributed by atoms with Crippen LogP contribution in [-0.2, 0) is 14.3 Å². The molecule has 6 atom stereocenters. The van der Waals surface area contributed by atoms with Gasteiger partial charge in [-0.05, 0) is 54.8 Å². The van der Waals surface area contributed by atoms with Crippen molar-refractivity contribution in [2.45, 2.75) is 72.5 Å². The number of esters is 1. The van der Waals surface area contributed by atoms with Gasteiger partial charge in [-0.1, -0.05) is 27.7 Å². The lowest BCUT2D eigenvalue weighted by Gasteiger charge is -2.59. The summed E-state index contributed by atoms with van der Waals surface area (Å²) in [5.74, 6) is 1.19. The van der Waals surface area contributed by atoms with Crippen molar-refractivity contribution in [3.8, 4) is 0 Å². The van der Waals surface area contributed by atoms with Crippen molar-refractivity contribution < 1.29 is 19.4 Å². The number of ketones is 1. The van der Waals surface area contributed by atoms with Crippen LogP contribution in [0.4, 0.5) is 0 Å². The quantitative estimate of drug-likeness (QED) is 0.801. The molecule has 24 heavy (non-hydrogen) atoms. The Bertz CT molecular complexity index is 580. The maximum Gasteiger partial charge on any atom is 0.333 e. The van der Waals surface area contributed by atoms with Crippen molar-refractivity contribution in [3.63, 3.8) is 0 Å². The van der Waals surface area contributed by atoms with Crippen molar-refractivity contribution >= 4 is 11.8 Å². The van der Waals surface area contributed by atoms with Gasteiger partial charge in [-0.15, -0.1) is 0 Å². The molecule has 1 N–H and O–H groups in total. The molecule has 134 valence electrons. The summed E-state index contributed by atoms with van der Waals surface area (Å²) in [5.41, 5.74) is 0.889. The monoisotopic (exact) mass is 334 g/mol. The smallest absolute Gasteiger partial charge is 0.333 e. The number of carbonyl (C=O) groups excluding carboxylic acids is 2. The summed E-state index contributed by atoms with van der Waals surface area (Å²) in [5, 5.41) is 9.84. The average Bonchev–Trinajstić information content (AvgIpc) is 2.85. The number of aliphatic hydroxyl groups excluding tert-OH is 1. The van der Waals surface area contributed by atoms with Crippen molar-refractivity contribution in [1.29, 1.82) is 0 Å². The van der Waals surface area contributed by atoms with Gasteiger partial charge in [0, 0.05) is 24.0 Å². The van der Waals surface area contributed by atoms with Gasteiger partial charge in [0.25, 0.3) is 0 Å². The first kappa shape index (κ1) is 17.7. The molecule has 0 unspecified atom stereocenters. The van der Waals surface area contributed by atoms with E-state index < -0.39 is 12.3 Å². The van der Waals surface area contributed by atoms with Crippen molar-refractivity contribution in [1.82, 2.24) is 0 Å². The number of cyclic esters (lactones) is 1. The van der Waals surface area contributed by atoms with Crippen LogP contribution in [0.2, 0.25) is 0 Å².